The summed E-state index contributed by atoms with van der Waals surface area (Å²) in [6.45, 7) is 4.16. The lowest BCUT2D eigenvalue weighted by molar-refractivity contribution is 1.13. The first-order valence-corrected chi connectivity index (χ1v) is 6.90. The molecule has 3 heteroatoms. The van der Waals surface area contributed by atoms with Crippen LogP contribution in [0.2, 0.25) is 0 Å². The first-order valence-electron chi connectivity index (χ1n) is 6.90. The molecule has 0 saturated carbocycles. The zero-order chi connectivity index (χ0) is 14.3. The summed E-state index contributed by atoms with van der Waals surface area (Å²) in [7, 11) is 0. The van der Waals surface area contributed by atoms with E-state index < -0.39 is 0 Å². The largest absolute Gasteiger partial charge is 0.309 e. The molecule has 0 fully saturated rings. The SMILES string of the molecule is Cc1ccc2c(c1C)C(=N)c1ccccc1CC(=N)C2.Cl. The van der Waals surface area contributed by atoms with Crippen LogP contribution in [0.5, 0.6) is 0 Å². The second-order valence-corrected chi connectivity index (χ2v) is 5.53. The van der Waals surface area contributed by atoms with Crippen molar-refractivity contribution in [3.8, 4) is 0 Å². The Bertz CT molecular complexity index is 732. The van der Waals surface area contributed by atoms with E-state index in [1.165, 1.54) is 5.56 Å². The number of nitrogens with one attached hydrogen (secondary N) is 2. The van der Waals surface area contributed by atoms with Crippen molar-refractivity contribution in [2.75, 3.05) is 0 Å². The minimum atomic E-state index is 0. The minimum Gasteiger partial charge on any atom is -0.309 e. The van der Waals surface area contributed by atoms with E-state index in [9.17, 15) is 0 Å². The van der Waals surface area contributed by atoms with Crippen molar-refractivity contribution in [3.63, 3.8) is 0 Å². The highest BCUT2D eigenvalue weighted by molar-refractivity contribution is 6.15. The molecule has 0 aromatic heterocycles. The van der Waals surface area contributed by atoms with Crippen LogP contribution >= 0.6 is 12.4 Å². The standard InChI is InChI=1S/C18H18N2.ClH/c1-11-7-8-14-10-15(19)9-13-5-3-4-6-16(13)18(20)17(14)12(11)2;/h3-8,19-20H,9-10H2,1-2H3;1H. The van der Waals surface area contributed by atoms with E-state index in [2.05, 4.69) is 26.0 Å². The van der Waals surface area contributed by atoms with Crippen LogP contribution in [0.1, 0.15) is 33.4 Å². The fourth-order valence-corrected chi connectivity index (χ4v) is 2.94. The molecule has 2 aromatic carbocycles. The Labute approximate surface area is 131 Å². The van der Waals surface area contributed by atoms with Gasteiger partial charge in [-0.3, -0.25) is 5.41 Å². The van der Waals surface area contributed by atoms with Gasteiger partial charge in [0.1, 0.15) is 0 Å². The van der Waals surface area contributed by atoms with Gasteiger partial charge >= 0.3 is 0 Å². The molecule has 108 valence electrons. The number of halogens is 1. The van der Waals surface area contributed by atoms with Crippen LogP contribution < -0.4 is 0 Å². The van der Waals surface area contributed by atoms with Gasteiger partial charge < -0.3 is 5.41 Å². The van der Waals surface area contributed by atoms with Crippen LogP contribution in [0.3, 0.4) is 0 Å². The highest BCUT2D eigenvalue weighted by atomic mass is 35.5. The lowest BCUT2D eigenvalue weighted by atomic mass is 9.83. The Morgan fingerprint density at radius 3 is 2.29 bits per heavy atom. The number of hydrogen-bond donors (Lipinski definition) is 2. The van der Waals surface area contributed by atoms with Crippen LogP contribution in [0, 0.1) is 24.7 Å². The third-order valence-corrected chi connectivity index (χ3v) is 4.17. The Morgan fingerprint density at radius 1 is 0.857 bits per heavy atom. The predicted molar refractivity (Wildman–Crippen MR) is 90.7 cm³/mol. The van der Waals surface area contributed by atoms with Gasteiger partial charge in [0, 0.05) is 29.7 Å². The third kappa shape index (κ3) is 2.64. The molecule has 0 radical (unpaired) electrons. The normalized spacial score (nSPS) is 13.6. The predicted octanol–water partition coefficient (Wildman–Crippen LogP) is 4.26. The number of fused-ring (bicyclic) bond motifs is 2. The Kier molecular flexibility index (Phi) is 4.29. The van der Waals surface area contributed by atoms with Gasteiger partial charge in [-0.25, -0.2) is 0 Å². The van der Waals surface area contributed by atoms with Crippen LogP contribution in [0.4, 0.5) is 0 Å². The molecule has 0 amide bonds. The van der Waals surface area contributed by atoms with Gasteiger partial charge in [-0.2, -0.15) is 0 Å². The summed E-state index contributed by atoms with van der Waals surface area (Å²) in [5.74, 6) is 0. The van der Waals surface area contributed by atoms with Crippen molar-refractivity contribution in [2.24, 2.45) is 0 Å². The van der Waals surface area contributed by atoms with Gasteiger partial charge in [0.15, 0.2) is 0 Å². The molecule has 0 atom stereocenters. The van der Waals surface area contributed by atoms with E-state index in [1.807, 2.05) is 24.3 Å². The minimum absolute atomic E-state index is 0. The Hall–Kier alpha value is -1.93. The maximum Gasteiger partial charge on any atom is 0.0693 e. The molecule has 2 nitrogen and oxygen atoms in total. The molecule has 0 saturated heterocycles. The monoisotopic (exact) mass is 298 g/mol. The van der Waals surface area contributed by atoms with Crippen molar-refractivity contribution in [1.29, 1.82) is 10.8 Å². The van der Waals surface area contributed by atoms with Crippen LogP contribution in [0.15, 0.2) is 36.4 Å². The third-order valence-electron chi connectivity index (χ3n) is 4.17. The quantitative estimate of drug-likeness (QED) is 0.730. The zero-order valence-corrected chi connectivity index (χ0v) is 13.1. The first-order chi connectivity index (χ1) is 9.58. The van der Waals surface area contributed by atoms with Crippen LogP contribution in [-0.4, -0.2) is 11.4 Å². The zero-order valence-electron chi connectivity index (χ0n) is 12.3. The maximum absolute atomic E-state index is 8.62. The Balaban J connectivity index is 0.00000161. The van der Waals surface area contributed by atoms with Gasteiger partial charge in [0.2, 0.25) is 0 Å². The molecule has 0 aliphatic heterocycles. The molecular formula is C18H19ClN2. The molecule has 2 N–H and O–H groups in total. The first kappa shape index (κ1) is 15.5. The average Bonchev–Trinajstić information content (AvgIpc) is 2.42. The molecule has 21 heavy (non-hydrogen) atoms. The topological polar surface area (TPSA) is 47.7 Å². The summed E-state index contributed by atoms with van der Waals surface area (Å²) in [6.07, 6.45) is 1.29. The van der Waals surface area contributed by atoms with Crippen molar-refractivity contribution in [1.82, 2.24) is 0 Å². The molecule has 1 aliphatic rings. The van der Waals surface area contributed by atoms with Gasteiger partial charge in [0.05, 0.1) is 5.71 Å². The van der Waals surface area contributed by atoms with Crippen LogP contribution in [0.25, 0.3) is 0 Å². The van der Waals surface area contributed by atoms with E-state index in [0.717, 1.165) is 33.5 Å². The molecule has 3 rings (SSSR count). The smallest absolute Gasteiger partial charge is 0.0693 e. The van der Waals surface area contributed by atoms with E-state index >= 15 is 0 Å². The number of hydrogen-bond acceptors (Lipinski definition) is 2. The van der Waals surface area contributed by atoms with Crippen molar-refractivity contribution >= 4 is 23.8 Å². The van der Waals surface area contributed by atoms with Crippen molar-refractivity contribution < 1.29 is 0 Å². The fourth-order valence-electron chi connectivity index (χ4n) is 2.94. The molecule has 0 bridgehead atoms. The van der Waals surface area contributed by atoms with Gasteiger partial charge in [0.25, 0.3) is 0 Å². The maximum atomic E-state index is 8.62. The summed E-state index contributed by atoms with van der Waals surface area (Å²) < 4.78 is 0. The number of aryl methyl sites for hydroxylation is 1. The molecule has 0 spiro atoms. The second kappa shape index (κ2) is 5.82. The molecule has 0 unspecified atom stereocenters. The van der Waals surface area contributed by atoms with Gasteiger partial charge in [-0.05, 0) is 36.1 Å². The van der Waals surface area contributed by atoms with Gasteiger partial charge in [-0.1, -0.05) is 36.4 Å². The lowest BCUT2D eigenvalue weighted by Gasteiger charge is -2.21. The molecular weight excluding hydrogens is 280 g/mol. The highest BCUT2D eigenvalue weighted by Crippen LogP contribution is 2.26. The number of rotatable bonds is 0. The second-order valence-electron chi connectivity index (χ2n) is 5.53. The van der Waals surface area contributed by atoms with E-state index in [1.54, 1.807) is 0 Å². The van der Waals surface area contributed by atoms with Crippen molar-refractivity contribution in [2.45, 2.75) is 26.7 Å². The molecule has 2 aromatic rings. The number of benzene rings is 2. The summed E-state index contributed by atoms with van der Waals surface area (Å²) in [5.41, 5.74) is 7.87. The summed E-state index contributed by atoms with van der Waals surface area (Å²) in [6, 6.07) is 12.2. The van der Waals surface area contributed by atoms with E-state index in [0.29, 0.717) is 18.6 Å². The summed E-state index contributed by atoms with van der Waals surface area (Å²) in [4.78, 5) is 0. The van der Waals surface area contributed by atoms with Crippen molar-refractivity contribution in [3.05, 3.63) is 69.8 Å². The fraction of sp³-hybridized carbons (Fsp3) is 0.222. The average molecular weight is 299 g/mol. The Morgan fingerprint density at radius 2 is 1.52 bits per heavy atom. The molecule has 0 heterocycles. The van der Waals surface area contributed by atoms with E-state index in [4.69, 9.17) is 10.8 Å². The summed E-state index contributed by atoms with van der Waals surface area (Å²) >= 11 is 0. The van der Waals surface area contributed by atoms with E-state index in [-0.39, 0.29) is 12.4 Å². The highest BCUT2D eigenvalue weighted by Gasteiger charge is 2.20. The van der Waals surface area contributed by atoms with Crippen LogP contribution in [-0.2, 0) is 12.8 Å². The molecule has 1 aliphatic carbocycles. The lowest BCUT2D eigenvalue weighted by Crippen LogP contribution is -2.19. The summed E-state index contributed by atoms with van der Waals surface area (Å²) in [5, 5.41) is 16.8. The van der Waals surface area contributed by atoms with Gasteiger partial charge in [-0.15, -0.1) is 12.4 Å².